The van der Waals surface area contributed by atoms with E-state index in [2.05, 4.69) is 0 Å². The lowest BCUT2D eigenvalue weighted by molar-refractivity contribution is -0.123. The number of rotatable bonds is 4. The number of nitrogens with zero attached hydrogens (tertiary/aromatic N) is 2. The molecule has 4 nitrogen and oxygen atoms in total. The number of thioether (sulfide) groups is 1. The molecule has 0 bridgehead atoms. The SMILES string of the molecule is Cc1cc(/C=C2\SC(=O)N(Cc3ccc(Cl)cc3Cl)C2=O)c(C)n1-c1ccc(F)cc1. The quantitative estimate of drug-likeness (QED) is 0.391. The molecule has 0 N–H and O–H groups in total. The van der Waals surface area contributed by atoms with Gasteiger partial charge in [0, 0.05) is 27.1 Å². The zero-order chi connectivity index (χ0) is 22.3. The lowest BCUT2D eigenvalue weighted by Crippen LogP contribution is -2.27. The molecule has 2 heterocycles. The van der Waals surface area contributed by atoms with Gasteiger partial charge in [-0.1, -0.05) is 29.3 Å². The summed E-state index contributed by atoms with van der Waals surface area (Å²) in [5, 5.41) is 0.535. The predicted octanol–water partition coefficient (Wildman–Crippen LogP) is 6.78. The van der Waals surface area contributed by atoms with Gasteiger partial charge >= 0.3 is 0 Å². The van der Waals surface area contributed by atoms with Gasteiger partial charge in [-0.25, -0.2) is 4.39 Å². The number of aryl methyl sites for hydroxylation is 1. The Kier molecular flexibility index (Phi) is 5.97. The van der Waals surface area contributed by atoms with Crippen LogP contribution >= 0.6 is 35.0 Å². The van der Waals surface area contributed by atoms with E-state index in [1.54, 1.807) is 36.4 Å². The summed E-state index contributed by atoms with van der Waals surface area (Å²) in [6.07, 6.45) is 1.72. The molecule has 4 rings (SSSR count). The van der Waals surface area contributed by atoms with E-state index in [1.807, 2.05) is 24.5 Å². The fraction of sp³-hybridized carbons (Fsp3) is 0.130. The molecule has 3 aromatic rings. The maximum Gasteiger partial charge on any atom is 0.293 e. The van der Waals surface area contributed by atoms with Crippen LogP contribution in [0.3, 0.4) is 0 Å². The van der Waals surface area contributed by atoms with Crippen molar-refractivity contribution in [3.63, 3.8) is 0 Å². The van der Waals surface area contributed by atoms with E-state index in [0.717, 1.165) is 34.4 Å². The van der Waals surface area contributed by atoms with Crippen LogP contribution in [-0.4, -0.2) is 20.6 Å². The normalized spacial score (nSPS) is 15.4. The van der Waals surface area contributed by atoms with Crippen LogP contribution in [0.5, 0.6) is 0 Å². The standard InChI is InChI=1S/C23H17Cl2FN2O2S/c1-13-9-16(14(2)28(13)19-7-5-18(26)6-8-19)10-21-22(29)27(23(30)31-21)12-15-3-4-17(24)11-20(15)25/h3-11H,12H2,1-2H3/b21-10-. The lowest BCUT2D eigenvalue weighted by Gasteiger charge is -2.13. The number of halogens is 3. The minimum Gasteiger partial charge on any atom is -0.318 e. The Hall–Kier alpha value is -2.54. The van der Waals surface area contributed by atoms with Crippen molar-refractivity contribution < 1.29 is 14.0 Å². The first-order valence-corrected chi connectivity index (χ1v) is 11.0. The van der Waals surface area contributed by atoms with Crippen LogP contribution in [0.4, 0.5) is 9.18 Å². The molecule has 0 radical (unpaired) electrons. The van der Waals surface area contributed by atoms with E-state index in [4.69, 9.17) is 23.2 Å². The summed E-state index contributed by atoms with van der Waals surface area (Å²) >= 11 is 13.0. The molecular weight excluding hydrogens is 458 g/mol. The second kappa shape index (κ2) is 8.54. The van der Waals surface area contributed by atoms with Crippen LogP contribution in [0.15, 0.2) is 53.4 Å². The molecule has 1 fully saturated rings. The third-order valence-electron chi connectivity index (χ3n) is 5.06. The Bertz CT molecular complexity index is 1240. The molecule has 158 valence electrons. The molecule has 0 atom stereocenters. The van der Waals surface area contributed by atoms with Gasteiger partial charge in [-0.2, -0.15) is 0 Å². The summed E-state index contributed by atoms with van der Waals surface area (Å²) < 4.78 is 15.3. The van der Waals surface area contributed by atoms with Gasteiger partial charge in [0.1, 0.15) is 5.82 Å². The number of carbonyl (C=O) groups is 2. The Balaban J connectivity index is 1.62. The Morgan fingerprint density at radius 1 is 1.03 bits per heavy atom. The molecule has 0 unspecified atom stereocenters. The van der Waals surface area contributed by atoms with Crippen molar-refractivity contribution in [2.75, 3.05) is 0 Å². The van der Waals surface area contributed by atoms with Crippen LogP contribution < -0.4 is 0 Å². The number of benzene rings is 2. The molecule has 0 spiro atoms. The summed E-state index contributed by atoms with van der Waals surface area (Å²) in [7, 11) is 0. The third-order valence-corrected chi connectivity index (χ3v) is 6.55. The van der Waals surface area contributed by atoms with Crippen molar-refractivity contribution in [2.45, 2.75) is 20.4 Å². The molecule has 0 aliphatic carbocycles. The third kappa shape index (κ3) is 4.28. The van der Waals surface area contributed by atoms with E-state index in [-0.39, 0.29) is 23.5 Å². The molecule has 1 aliphatic rings. The van der Waals surface area contributed by atoms with Crippen LogP contribution in [0.2, 0.25) is 10.0 Å². The summed E-state index contributed by atoms with van der Waals surface area (Å²) in [6, 6.07) is 13.1. The van der Waals surface area contributed by atoms with Crippen molar-refractivity contribution >= 4 is 52.2 Å². The van der Waals surface area contributed by atoms with Crippen LogP contribution in [0, 0.1) is 19.7 Å². The first kappa shape index (κ1) is 21.7. The van der Waals surface area contributed by atoms with Crippen molar-refractivity contribution in [3.05, 3.63) is 91.8 Å². The van der Waals surface area contributed by atoms with Gasteiger partial charge in [0.05, 0.1) is 11.4 Å². The smallest absolute Gasteiger partial charge is 0.293 e. The van der Waals surface area contributed by atoms with Gasteiger partial charge in [0.15, 0.2) is 0 Å². The van der Waals surface area contributed by atoms with Gasteiger partial charge < -0.3 is 4.57 Å². The van der Waals surface area contributed by atoms with E-state index in [1.165, 1.54) is 17.0 Å². The zero-order valence-electron chi connectivity index (χ0n) is 16.7. The fourth-order valence-corrected chi connectivity index (χ4v) is 4.82. The molecule has 8 heteroatoms. The van der Waals surface area contributed by atoms with Crippen molar-refractivity contribution in [1.82, 2.24) is 9.47 Å². The molecule has 0 saturated carbocycles. The predicted molar refractivity (Wildman–Crippen MR) is 123 cm³/mol. The van der Waals surface area contributed by atoms with Gasteiger partial charge in [-0.15, -0.1) is 0 Å². The highest BCUT2D eigenvalue weighted by atomic mass is 35.5. The molecule has 1 saturated heterocycles. The second-order valence-corrected chi connectivity index (χ2v) is 8.98. The largest absolute Gasteiger partial charge is 0.318 e. The first-order valence-electron chi connectivity index (χ1n) is 9.39. The van der Waals surface area contributed by atoms with Gasteiger partial charge in [-0.3, -0.25) is 14.5 Å². The summed E-state index contributed by atoms with van der Waals surface area (Å²) in [4.78, 5) is 26.9. The van der Waals surface area contributed by atoms with E-state index in [9.17, 15) is 14.0 Å². The molecule has 2 amide bonds. The summed E-state index contributed by atoms with van der Waals surface area (Å²) in [6.45, 7) is 3.93. The number of hydrogen-bond acceptors (Lipinski definition) is 3. The molecule has 31 heavy (non-hydrogen) atoms. The van der Waals surface area contributed by atoms with Crippen LogP contribution in [0.25, 0.3) is 11.8 Å². The molecule has 1 aliphatic heterocycles. The van der Waals surface area contributed by atoms with Crippen LogP contribution in [-0.2, 0) is 11.3 Å². The Labute approximate surface area is 193 Å². The fourth-order valence-electron chi connectivity index (χ4n) is 3.52. The maximum absolute atomic E-state index is 13.3. The van der Waals surface area contributed by atoms with E-state index >= 15 is 0 Å². The number of amides is 2. The second-order valence-electron chi connectivity index (χ2n) is 7.14. The number of aromatic nitrogens is 1. The lowest BCUT2D eigenvalue weighted by atomic mass is 10.2. The van der Waals surface area contributed by atoms with Crippen LogP contribution in [0.1, 0.15) is 22.5 Å². The van der Waals surface area contributed by atoms with Crippen molar-refractivity contribution in [1.29, 1.82) is 0 Å². The van der Waals surface area contributed by atoms with Gasteiger partial charge in [0.2, 0.25) is 0 Å². The average Bonchev–Trinajstić information content (AvgIpc) is 3.14. The highest BCUT2D eigenvalue weighted by Crippen LogP contribution is 2.35. The number of imide groups is 1. The summed E-state index contributed by atoms with van der Waals surface area (Å²) in [5.41, 5.74) is 4.10. The van der Waals surface area contributed by atoms with E-state index in [0.29, 0.717) is 20.5 Å². The highest BCUT2D eigenvalue weighted by Gasteiger charge is 2.35. The van der Waals surface area contributed by atoms with E-state index < -0.39 is 0 Å². The average molecular weight is 475 g/mol. The Morgan fingerprint density at radius 3 is 2.42 bits per heavy atom. The minimum atomic E-state index is -0.368. The monoisotopic (exact) mass is 474 g/mol. The number of carbonyl (C=O) groups excluding carboxylic acids is 2. The zero-order valence-corrected chi connectivity index (χ0v) is 19.0. The first-order chi connectivity index (χ1) is 14.7. The molecule has 1 aromatic heterocycles. The van der Waals surface area contributed by atoms with Crippen molar-refractivity contribution in [3.8, 4) is 5.69 Å². The molecule has 2 aromatic carbocycles. The molecular formula is C23H17Cl2FN2O2S. The Morgan fingerprint density at radius 2 is 1.74 bits per heavy atom. The van der Waals surface area contributed by atoms with Gasteiger partial charge in [0.25, 0.3) is 11.1 Å². The maximum atomic E-state index is 13.3. The highest BCUT2D eigenvalue weighted by molar-refractivity contribution is 8.18. The van der Waals surface area contributed by atoms with Crippen molar-refractivity contribution in [2.24, 2.45) is 0 Å². The minimum absolute atomic E-state index is 0.0760. The number of hydrogen-bond donors (Lipinski definition) is 0. The topological polar surface area (TPSA) is 42.3 Å². The van der Waals surface area contributed by atoms with Gasteiger partial charge in [-0.05, 0) is 85.3 Å². The summed E-state index contributed by atoms with van der Waals surface area (Å²) in [5.74, 6) is -0.673.